The van der Waals surface area contributed by atoms with Crippen molar-refractivity contribution in [3.8, 4) is 0 Å². The van der Waals surface area contributed by atoms with Gasteiger partial charge in [-0.05, 0) is 47.6 Å². The molecular formula is C13H20BrN3O2S. The fourth-order valence-electron chi connectivity index (χ4n) is 2.44. The molecule has 1 aromatic rings. The Balaban J connectivity index is 2.31. The first-order chi connectivity index (χ1) is 9.36. The van der Waals surface area contributed by atoms with E-state index in [4.69, 9.17) is 5.73 Å². The summed E-state index contributed by atoms with van der Waals surface area (Å²) in [5.41, 5.74) is 6.21. The number of hydrogen-bond acceptors (Lipinski definition) is 4. The lowest BCUT2D eigenvalue weighted by Gasteiger charge is -2.38. The van der Waals surface area contributed by atoms with E-state index in [0.717, 1.165) is 13.0 Å². The van der Waals surface area contributed by atoms with Crippen molar-refractivity contribution in [3.63, 3.8) is 0 Å². The van der Waals surface area contributed by atoms with Crippen molar-refractivity contribution in [3.05, 3.63) is 22.7 Å². The smallest absolute Gasteiger partial charge is 0.244 e. The lowest BCUT2D eigenvalue weighted by molar-refractivity contribution is 0.144. The maximum atomic E-state index is 12.7. The second-order valence-electron chi connectivity index (χ2n) is 5.10. The van der Waals surface area contributed by atoms with Gasteiger partial charge >= 0.3 is 0 Å². The van der Waals surface area contributed by atoms with Crippen LogP contribution in [0.2, 0.25) is 0 Å². The van der Waals surface area contributed by atoms with E-state index in [1.54, 1.807) is 22.5 Å². The van der Waals surface area contributed by atoms with E-state index >= 15 is 0 Å². The van der Waals surface area contributed by atoms with Crippen molar-refractivity contribution < 1.29 is 8.42 Å². The highest BCUT2D eigenvalue weighted by Crippen LogP contribution is 2.28. The van der Waals surface area contributed by atoms with Gasteiger partial charge in [0.25, 0.3) is 0 Å². The number of benzene rings is 1. The van der Waals surface area contributed by atoms with Crippen LogP contribution in [0.1, 0.15) is 13.3 Å². The van der Waals surface area contributed by atoms with Gasteiger partial charge in [0.15, 0.2) is 0 Å². The zero-order valence-corrected chi connectivity index (χ0v) is 14.1. The molecule has 0 amide bonds. The number of nitrogens with zero attached hydrogens (tertiary/aromatic N) is 2. The molecule has 7 heteroatoms. The molecule has 112 valence electrons. The second kappa shape index (κ2) is 6.01. The fourth-order valence-corrected chi connectivity index (χ4v) is 4.97. The lowest BCUT2D eigenvalue weighted by atomic mass is 10.1. The third-order valence-electron chi connectivity index (χ3n) is 3.78. The number of likely N-dealkylation sites (N-methyl/N-ethyl adjacent to an activating group) is 1. The average Bonchev–Trinajstić information content (AvgIpc) is 2.38. The molecule has 0 aliphatic carbocycles. The van der Waals surface area contributed by atoms with Crippen LogP contribution < -0.4 is 5.73 Å². The Morgan fingerprint density at radius 3 is 2.70 bits per heavy atom. The van der Waals surface area contributed by atoms with E-state index in [1.807, 2.05) is 7.05 Å². The number of halogens is 1. The molecule has 0 bridgehead atoms. The van der Waals surface area contributed by atoms with Crippen molar-refractivity contribution in [2.45, 2.75) is 24.3 Å². The van der Waals surface area contributed by atoms with Crippen molar-refractivity contribution in [2.75, 3.05) is 32.4 Å². The number of piperazine rings is 1. The third kappa shape index (κ3) is 3.00. The fraction of sp³-hybridized carbons (Fsp3) is 0.538. The van der Waals surface area contributed by atoms with Crippen LogP contribution in [-0.4, -0.2) is 50.3 Å². The van der Waals surface area contributed by atoms with Gasteiger partial charge in [-0.15, -0.1) is 0 Å². The van der Waals surface area contributed by atoms with Crippen LogP contribution in [0.4, 0.5) is 5.69 Å². The van der Waals surface area contributed by atoms with E-state index in [0.29, 0.717) is 23.2 Å². The van der Waals surface area contributed by atoms with Crippen molar-refractivity contribution in [1.29, 1.82) is 0 Å². The molecule has 5 nitrogen and oxygen atoms in total. The van der Waals surface area contributed by atoms with Crippen LogP contribution in [0.25, 0.3) is 0 Å². The lowest BCUT2D eigenvalue weighted by Crippen LogP contribution is -2.52. The average molecular weight is 362 g/mol. The Morgan fingerprint density at radius 2 is 2.10 bits per heavy atom. The molecular weight excluding hydrogens is 342 g/mol. The summed E-state index contributed by atoms with van der Waals surface area (Å²) >= 11 is 3.30. The van der Waals surface area contributed by atoms with Gasteiger partial charge in [-0.3, -0.25) is 0 Å². The quantitative estimate of drug-likeness (QED) is 0.832. The van der Waals surface area contributed by atoms with Gasteiger partial charge in [-0.2, -0.15) is 4.31 Å². The number of nitrogens with two attached hydrogens (primary N) is 1. The van der Waals surface area contributed by atoms with Crippen LogP contribution in [0.15, 0.2) is 27.6 Å². The van der Waals surface area contributed by atoms with Crippen LogP contribution in [-0.2, 0) is 10.0 Å². The van der Waals surface area contributed by atoms with E-state index in [9.17, 15) is 8.42 Å². The molecule has 0 radical (unpaired) electrons. The van der Waals surface area contributed by atoms with Crippen molar-refractivity contribution in [2.24, 2.45) is 0 Å². The summed E-state index contributed by atoms with van der Waals surface area (Å²) in [6.45, 7) is 3.89. The SMILES string of the molecule is CCC1CN(S(=O)(=O)c2ccc(N)cc2Br)CCN1C. The van der Waals surface area contributed by atoms with Gasteiger partial charge in [-0.25, -0.2) is 8.42 Å². The van der Waals surface area contributed by atoms with E-state index < -0.39 is 10.0 Å². The molecule has 1 atom stereocenters. The van der Waals surface area contributed by atoms with Gasteiger partial charge in [-0.1, -0.05) is 6.92 Å². The van der Waals surface area contributed by atoms with E-state index in [-0.39, 0.29) is 10.9 Å². The minimum Gasteiger partial charge on any atom is -0.399 e. The van der Waals surface area contributed by atoms with Crippen LogP contribution >= 0.6 is 15.9 Å². The second-order valence-corrected chi connectivity index (χ2v) is 7.86. The predicted octanol–water partition coefficient (Wildman–Crippen LogP) is 1.75. The molecule has 1 saturated heterocycles. The highest BCUT2D eigenvalue weighted by molar-refractivity contribution is 9.10. The van der Waals surface area contributed by atoms with Crippen molar-refractivity contribution in [1.82, 2.24) is 9.21 Å². The topological polar surface area (TPSA) is 66.6 Å². The van der Waals surface area contributed by atoms with Gasteiger partial charge < -0.3 is 10.6 Å². The van der Waals surface area contributed by atoms with Gasteiger partial charge in [0.2, 0.25) is 10.0 Å². The Kier molecular flexibility index (Phi) is 4.73. The molecule has 20 heavy (non-hydrogen) atoms. The zero-order chi connectivity index (χ0) is 14.9. The molecule has 1 aliphatic rings. The summed E-state index contributed by atoms with van der Waals surface area (Å²) in [6, 6.07) is 5.07. The maximum absolute atomic E-state index is 12.7. The first-order valence-electron chi connectivity index (χ1n) is 6.61. The van der Waals surface area contributed by atoms with E-state index in [2.05, 4.69) is 27.8 Å². The summed E-state index contributed by atoms with van der Waals surface area (Å²) in [5.74, 6) is 0. The molecule has 1 aliphatic heterocycles. The third-order valence-corrected chi connectivity index (χ3v) is 6.63. The summed E-state index contributed by atoms with van der Waals surface area (Å²) in [4.78, 5) is 2.50. The minimum absolute atomic E-state index is 0.270. The maximum Gasteiger partial charge on any atom is 0.244 e. The monoisotopic (exact) mass is 361 g/mol. The molecule has 2 rings (SSSR count). The molecule has 1 heterocycles. The van der Waals surface area contributed by atoms with Crippen LogP contribution in [0, 0.1) is 0 Å². The Morgan fingerprint density at radius 1 is 1.40 bits per heavy atom. The molecule has 1 fully saturated rings. The summed E-state index contributed by atoms with van der Waals surface area (Å²) in [6.07, 6.45) is 0.936. The molecule has 0 spiro atoms. The summed E-state index contributed by atoms with van der Waals surface area (Å²) in [5, 5.41) is 0. The van der Waals surface area contributed by atoms with Gasteiger partial charge in [0, 0.05) is 35.8 Å². The van der Waals surface area contributed by atoms with Gasteiger partial charge in [0.05, 0.1) is 4.90 Å². The van der Waals surface area contributed by atoms with Crippen LogP contribution in [0.3, 0.4) is 0 Å². The molecule has 0 saturated carbocycles. The number of nitrogen functional groups attached to an aromatic ring is 1. The Hall–Kier alpha value is -0.630. The summed E-state index contributed by atoms with van der Waals surface area (Å²) in [7, 11) is -1.43. The molecule has 2 N–H and O–H groups in total. The molecule has 1 unspecified atom stereocenters. The number of anilines is 1. The largest absolute Gasteiger partial charge is 0.399 e. The number of sulfonamides is 1. The minimum atomic E-state index is -3.47. The van der Waals surface area contributed by atoms with E-state index in [1.165, 1.54) is 0 Å². The normalized spacial score (nSPS) is 22.1. The van der Waals surface area contributed by atoms with Crippen LogP contribution in [0.5, 0.6) is 0 Å². The zero-order valence-electron chi connectivity index (χ0n) is 11.7. The first kappa shape index (κ1) is 15.8. The highest BCUT2D eigenvalue weighted by Gasteiger charge is 2.32. The summed E-state index contributed by atoms with van der Waals surface area (Å²) < 4.78 is 27.5. The van der Waals surface area contributed by atoms with Crippen molar-refractivity contribution >= 4 is 31.6 Å². The highest BCUT2D eigenvalue weighted by atomic mass is 79.9. The Bertz CT molecular complexity index is 591. The van der Waals surface area contributed by atoms with Gasteiger partial charge in [0.1, 0.15) is 0 Å². The standard InChI is InChI=1S/C13H20BrN3O2S/c1-3-11-9-17(7-6-16(11)2)20(18,19)13-5-4-10(15)8-12(13)14/h4-5,8,11H,3,6-7,9,15H2,1-2H3. The predicted molar refractivity (Wildman–Crippen MR) is 84.0 cm³/mol. The number of rotatable bonds is 3. The molecule has 0 aromatic heterocycles. The first-order valence-corrected chi connectivity index (χ1v) is 8.85. The Labute approximate surface area is 128 Å². The molecule has 1 aromatic carbocycles. The number of hydrogen-bond donors (Lipinski definition) is 1.